The molecule has 1 amide bonds. The van der Waals surface area contributed by atoms with E-state index in [0.29, 0.717) is 11.4 Å². The van der Waals surface area contributed by atoms with E-state index in [1.54, 1.807) is 24.6 Å². The number of hydrogen-bond donors (Lipinski definition) is 1. The van der Waals surface area contributed by atoms with Crippen LogP contribution in [-0.2, 0) is 6.54 Å². The molecule has 1 aromatic carbocycles. The van der Waals surface area contributed by atoms with Crippen LogP contribution in [0.25, 0.3) is 0 Å². The molecule has 1 heterocycles. The lowest BCUT2D eigenvalue weighted by atomic mass is 10.2. The summed E-state index contributed by atoms with van der Waals surface area (Å²) in [5, 5.41) is 2.77. The highest BCUT2D eigenvalue weighted by molar-refractivity contribution is 7.11. The van der Waals surface area contributed by atoms with Crippen LogP contribution in [0.5, 0.6) is 0 Å². The lowest BCUT2D eigenvalue weighted by molar-refractivity contribution is 0.0954. The summed E-state index contributed by atoms with van der Waals surface area (Å²) < 4.78 is 12.7. The van der Waals surface area contributed by atoms with Crippen molar-refractivity contribution in [2.75, 3.05) is 0 Å². The third kappa shape index (κ3) is 2.88. The van der Waals surface area contributed by atoms with E-state index in [2.05, 4.69) is 10.3 Å². The molecule has 0 radical (unpaired) electrons. The Morgan fingerprint density at radius 3 is 2.71 bits per heavy atom. The molecule has 0 saturated carbocycles. The summed E-state index contributed by atoms with van der Waals surface area (Å²) >= 11 is 1.31. The van der Waals surface area contributed by atoms with E-state index in [4.69, 9.17) is 0 Å². The molecule has 0 saturated heterocycles. The minimum atomic E-state index is -0.279. The predicted octanol–water partition coefficient (Wildman–Crippen LogP) is 2.52. The van der Waals surface area contributed by atoms with Crippen LogP contribution in [0.1, 0.15) is 20.9 Å². The van der Waals surface area contributed by atoms with Crippen LogP contribution in [0, 0.1) is 12.7 Å². The number of nitrogens with one attached hydrogen (secondary N) is 1. The highest BCUT2D eigenvalue weighted by Crippen LogP contribution is 2.12. The quantitative estimate of drug-likeness (QED) is 0.909. The third-order valence-electron chi connectivity index (χ3n) is 2.32. The second-order valence-electron chi connectivity index (χ2n) is 3.58. The Kier molecular flexibility index (Phi) is 3.49. The Morgan fingerprint density at radius 2 is 2.12 bits per heavy atom. The van der Waals surface area contributed by atoms with Gasteiger partial charge in [0.15, 0.2) is 0 Å². The average Bonchev–Trinajstić information content (AvgIpc) is 2.74. The molecule has 0 atom stereocenters. The van der Waals surface area contributed by atoms with Crippen molar-refractivity contribution >= 4 is 17.2 Å². The molecule has 0 unspecified atom stereocenters. The fourth-order valence-corrected chi connectivity index (χ4v) is 2.10. The summed E-state index contributed by atoms with van der Waals surface area (Å²) in [7, 11) is 0. The second kappa shape index (κ2) is 5.05. The Morgan fingerprint density at radius 1 is 1.41 bits per heavy atom. The zero-order chi connectivity index (χ0) is 12.3. The maximum atomic E-state index is 12.7. The fourth-order valence-electron chi connectivity index (χ4n) is 1.38. The first-order chi connectivity index (χ1) is 8.16. The van der Waals surface area contributed by atoms with E-state index in [9.17, 15) is 9.18 Å². The molecule has 0 aliphatic carbocycles. The van der Waals surface area contributed by atoms with Crippen molar-refractivity contribution in [1.82, 2.24) is 10.3 Å². The first-order valence-corrected chi connectivity index (χ1v) is 5.97. The van der Waals surface area contributed by atoms with E-state index in [0.717, 1.165) is 11.3 Å². The minimum absolute atomic E-state index is 0.144. The van der Waals surface area contributed by atoms with Gasteiger partial charge in [0.05, 0.1) is 11.2 Å². The number of thiazole rings is 1. The number of halogens is 1. The van der Waals surface area contributed by atoms with E-state index < -0.39 is 0 Å². The van der Waals surface area contributed by atoms with Gasteiger partial charge in [-0.05, 0) is 24.6 Å². The summed E-state index contributed by atoms with van der Waals surface area (Å²) in [4.78, 5) is 16.4. The standard InChI is InChI=1S/C12H11FN2OS/c1-8-11(17-7-15-8)12(16)14-6-9-2-4-10(13)5-3-9/h2-5,7H,6H2,1H3,(H,14,16). The second-order valence-corrected chi connectivity index (χ2v) is 4.43. The molecule has 0 aliphatic heterocycles. The van der Waals surface area contributed by atoms with Gasteiger partial charge in [-0.2, -0.15) is 0 Å². The van der Waals surface area contributed by atoms with Gasteiger partial charge in [0.25, 0.3) is 5.91 Å². The van der Waals surface area contributed by atoms with Gasteiger partial charge in [-0.25, -0.2) is 9.37 Å². The minimum Gasteiger partial charge on any atom is -0.347 e. The van der Waals surface area contributed by atoms with Crippen LogP contribution in [0.3, 0.4) is 0 Å². The lowest BCUT2D eigenvalue weighted by Gasteiger charge is -2.04. The van der Waals surface area contributed by atoms with Gasteiger partial charge in [-0.15, -0.1) is 11.3 Å². The van der Waals surface area contributed by atoms with Gasteiger partial charge < -0.3 is 5.32 Å². The average molecular weight is 250 g/mol. The topological polar surface area (TPSA) is 42.0 Å². The number of carbonyl (C=O) groups excluding carboxylic acids is 1. The SMILES string of the molecule is Cc1ncsc1C(=O)NCc1ccc(F)cc1. The first kappa shape index (κ1) is 11.7. The van der Waals surface area contributed by atoms with Gasteiger partial charge >= 0.3 is 0 Å². The molecule has 3 nitrogen and oxygen atoms in total. The monoisotopic (exact) mass is 250 g/mol. The van der Waals surface area contributed by atoms with Crippen molar-refractivity contribution in [2.24, 2.45) is 0 Å². The van der Waals surface area contributed by atoms with Gasteiger partial charge in [0.2, 0.25) is 0 Å². The van der Waals surface area contributed by atoms with Crippen molar-refractivity contribution in [3.8, 4) is 0 Å². The number of nitrogens with zero attached hydrogens (tertiary/aromatic N) is 1. The maximum absolute atomic E-state index is 12.7. The molecule has 5 heteroatoms. The summed E-state index contributed by atoms with van der Waals surface area (Å²) in [5.41, 5.74) is 3.23. The van der Waals surface area contributed by atoms with E-state index in [1.807, 2.05) is 0 Å². The summed E-state index contributed by atoms with van der Waals surface area (Å²) in [6, 6.07) is 6.04. The molecule has 1 aromatic heterocycles. The van der Waals surface area contributed by atoms with Crippen LogP contribution in [0.2, 0.25) is 0 Å². The van der Waals surface area contributed by atoms with Crippen LogP contribution >= 0.6 is 11.3 Å². The number of aryl methyl sites for hydroxylation is 1. The summed E-state index contributed by atoms with van der Waals surface area (Å²) in [6.07, 6.45) is 0. The van der Waals surface area contributed by atoms with E-state index >= 15 is 0 Å². The molecule has 2 rings (SSSR count). The number of aromatic nitrogens is 1. The van der Waals surface area contributed by atoms with Crippen molar-refractivity contribution in [1.29, 1.82) is 0 Å². The molecule has 0 bridgehead atoms. The summed E-state index contributed by atoms with van der Waals surface area (Å²) in [5.74, 6) is -0.423. The van der Waals surface area contributed by atoms with Crippen molar-refractivity contribution in [3.05, 3.63) is 51.7 Å². The molecule has 2 aromatic rings. The van der Waals surface area contributed by atoms with Crippen LogP contribution in [0.4, 0.5) is 4.39 Å². The predicted molar refractivity (Wildman–Crippen MR) is 64.4 cm³/mol. The Labute approximate surface area is 102 Å². The van der Waals surface area contributed by atoms with Gasteiger partial charge in [-0.3, -0.25) is 4.79 Å². The molecular formula is C12H11FN2OS. The first-order valence-electron chi connectivity index (χ1n) is 5.09. The zero-order valence-corrected chi connectivity index (χ0v) is 10.1. The molecular weight excluding hydrogens is 239 g/mol. The van der Waals surface area contributed by atoms with Crippen LogP contribution in [-0.4, -0.2) is 10.9 Å². The molecule has 17 heavy (non-hydrogen) atoms. The summed E-state index contributed by atoms with van der Waals surface area (Å²) in [6.45, 7) is 2.18. The molecule has 1 N–H and O–H groups in total. The number of amides is 1. The number of benzene rings is 1. The Bertz CT molecular complexity index is 522. The lowest BCUT2D eigenvalue weighted by Crippen LogP contribution is -2.22. The van der Waals surface area contributed by atoms with Crippen molar-refractivity contribution in [2.45, 2.75) is 13.5 Å². The maximum Gasteiger partial charge on any atom is 0.263 e. The van der Waals surface area contributed by atoms with Gasteiger partial charge in [-0.1, -0.05) is 12.1 Å². The van der Waals surface area contributed by atoms with Crippen molar-refractivity contribution in [3.63, 3.8) is 0 Å². The molecule has 0 fully saturated rings. The number of hydrogen-bond acceptors (Lipinski definition) is 3. The smallest absolute Gasteiger partial charge is 0.263 e. The van der Waals surface area contributed by atoms with Crippen molar-refractivity contribution < 1.29 is 9.18 Å². The van der Waals surface area contributed by atoms with E-state index in [-0.39, 0.29) is 11.7 Å². The van der Waals surface area contributed by atoms with Gasteiger partial charge in [0.1, 0.15) is 10.7 Å². The van der Waals surface area contributed by atoms with E-state index in [1.165, 1.54) is 23.5 Å². The Balaban J connectivity index is 1.97. The third-order valence-corrected chi connectivity index (χ3v) is 3.25. The normalized spacial score (nSPS) is 10.2. The van der Waals surface area contributed by atoms with Gasteiger partial charge in [0, 0.05) is 6.54 Å². The molecule has 0 spiro atoms. The highest BCUT2D eigenvalue weighted by atomic mass is 32.1. The highest BCUT2D eigenvalue weighted by Gasteiger charge is 2.10. The number of carbonyl (C=O) groups is 1. The largest absolute Gasteiger partial charge is 0.347 e. The zero-order valence-electron chi connectivity index (χ0n) is 9.24. The molecule has 88 valence electrons. The Hall–Kier alpha value is -1.75. The fraction of sp³-hybridized carbons (Fsp3) is 0.167. The van der Waals surface area contributed by atoms with Crippen LogP contribution < -0.4 is 5.32 Å². The van der Waals surface area contributed by atoms with Crippen LogP contribution in [0.15, 0.2) is 29.8 Å². The number of rotatable bonds is 3. The molecule has 0 aliphatic rings.